The second-order valence-corrected chi connectivity index (χ2v) is 11.0. The quantitative estimate of drug-likeness (QED) is 0.234. The number of imide groups is 1. The fraction of sp³-hybridized carbons (Fsp3) is 0.147. The Balaban J connectivity index is 1.25. The Morgan fingerprint density at radius 3 is 2.50 bits per heavy atom. The molecule has 5 aromatic rings. The Hall–Kier alpha value is -4.88. The lowest BCUT2D eigenvalue weighted by atomic mass is 9.89. The zero-order valence-corrected chi connectivity index (χ0v) is 23.3. The van der Waals surface area contributed by atoms with Gasteiger partial charge in [0.1, 0.15) is 12.1 Å². The Labute approximate surface area is 247 Å². The maximum atomic E-state index is 14.3. The highest BCUT2D eigenvalue weighted by Crippen LogP contribution is 2.45. The number of anilines is 1. The Bertz CT molecular complexity index is 1850. The first-order valence-corrected chi connectivity index (χ1v) is 14.3. The average Bonchev–Trinajstić information content (AvgIpc) is 3.50. The van der Waals surface area contributed by atoms with Crippen molar-refractivity contribution >= 4 is 46.0 Å². The fourth-order valence-corrected chi connectivity index (χ4v) is 6.44. The second-order valence-electron chi connectivity index (χ2n) is 10.6. The molecule has 2 atom stereocenters. The van der Waals surface area contributed by atoms with Crippen LogP contribution in [-0.2, 0) is 17.6 Å². The van der Waals surface area contributed by atoms with Gasteiger partial charge >= 0.3 is 6.03 Å². The number of H-pyrrole nitrogens is 1. The predicted octanol–water partition coefficient (Wildman–Crippen LogP) is 6.28. The van der Waals surface area contributed by atoms with Gasteiger partial charge in [-0.15, -0.1) is 0 Å². The highest BCUT2D eigenvalue weighted by molar-refractivity contribution is 6.30. The van der Waals surface area contributed by atoms with Crippen LogP contribution in [0.5, 0.6) is 0 Å². The van der Waals surface area contributed by atoms with Gasteiger partial charge in [-0.05, 0) is 53.4 Å². The van der Waals surface area contributed by atoms with Crippen molar-refractivity contribution in [2.24, 2.45) is 0 Å². The molecular formula is C34H27ClN4O3. The van der Waals surface area contributed by atoms with Gasteiger partial charge in [-0.25, -0.2) is 9.69 Å². The first-order valence-electron chi connectivity index (χ1n) is 13.9. The van der Waals surface area contributed by atoms with E-state index in [1.165, 1.54) is 4.90 Å². The van der Waals surface area contributed by atoms with Gasteiger partial charge in [0, 0.05) is 34.6 Å². The van der Waals surface area contributed by atoms with E-state index in [-0.39, 0.29) is 23.1 Å². The number of carbonyl (C=O) groups is 3. The van der Waals surface area contributed by atoms with E-state index in [1.54, 1.807) is 35.2 Å². The molecule has 42 heavy (non-hydrogen) atoms. The van der Waals surface area contributed by atoms with Crippen LogP contribution in [0.25, 0.3) is 10.9 Å². The lowest BCUT2D eigenvalue weighted by Gasteiger charge is -2.36. The number of aromatic nitrogens is 1. The van der Waals surface area contributed by atoms with Crippen LogP contribution in [0.4, 0.5) is 10.5 Å². The molecule has 2 N–H and O–H groups in total. The molecule has 0 bridgehead atoms. The van der Waals surface area contributed by atoms with Crippen LogP contribution < -0.4 is 10.2 Å². The number of benzene rings is 4. The number of nitrogens with one attached hydrogen (secondary N) is 2. The van der Waals surface area contributed by atoms with Crippen LogP contribution in [0.15, 0.2) is 103 Å². The summed E-state index contributed by atoms with van der Waals surface area (Å²) in [6.45, 7) is 0.423. The summed E-state index contributed by atoms with van der Waals surface area (Å²) in [7, 11) is 0. The summed E-state index contributed by atoms with van der Waals surface area (Å²) in [5.41, 5.74) is 5.28. The van der Waals surface area contributed by atoms with Crippen molar-refractivity contribution in [3.05, 3.63) is 136 Å². The van der Waals surface area contributed by atoms with Gasteiger partial charge in [0.05, 0.1) is 11.3 Å². The minimum absolute atomic E-state index is 0.274. The number of hydrogen-bond acceptors (Lipinski definition) is 3. The number of nitrogens with zero attached hydrogens (tertiary/aromatic N) is 2. The summed E-state index contributed by atoms with van der Waals surface area (Å²) in [6, 6.07) is 30.2. The molecular weight excluding hydrogens is 548 g/mol. The maximum absolute atomic E-state index is 14.3. The molecule has 4 amide bonds. The van der Waals surface area contributed by atoms with Gasteiger partial charge in [0.25, 0.3) is 11.8 Å². The van der Waals surface area contributed by atoms with E-state index in [4.69, 9.17) is 11.6 Å². The molecule has 3 heterocycles. The molecule has 2 unspecified atom stereocenters. The molecule has 0 saturated carbocycles. The molecule has 7 nitrogen and oxygen atoms in total. The van der Waals surface area contributed by atoms with Gasteiger partial charge in [-0.1, -0.05) is 84.4 Å². The number of amides is 4. The van der Waals surface area contributed by atoms with Crippen molar-refractivity contribution in [3.63, 3.8) is 0 Å². The van der Waals surface area contributed by atoms with E-state index in [9.17, 15) is 14.4 Å². The van der Waals surface area contributed by atoms with Crippen LogP contribution in [-0.4, -0.2) is 40.3 Å². The summed E-state index contributed by atoms with van der Waals surface area (Å²) in [6.07, 6.45) is 1.03. The first kappa shape index (κ1) is 26.0. The molecule has 0 aliphatic carbocycles. The van der Waals surface area contributed by atoms with Crippen LogP contribution in [0.3, 0.4) is 0 Å². The van der Waals surface area contributed by atoms with E-state index in [1.807, 2.05) is 72.8 Å². The standard InChI is InChI=1S/C34H27ClN4O3/c35-23-12-8-11-22(19-23)31-30-26(24-13-4-6-15-27(24)37-30)20-29-33(41)39(34(42)38(29)31)28-16-7-5-14-25(28)32(40)36-18-17-21-9-2-1-3-10-21/h1-16,19,29,31,37H,17-18,20H2,(H,36,40). The van der Waals surface area contributed by atoms with Gasteiger partial charge in [0.15, 0.2) is 0 Å². The molecule has 1 saturated heterocycles. The van der Waals surface area contributed by atoms with Crippen molar-refractivity contribution in [2.45, 2.75) is 24.9 Å². The van der Waals surface area contributed by atoms with Crippen LogP contribution in [0, 0.1) is 0 Å². The molecule has 4 aromatic carbocycles. The number of para-hydroxylation sites is 2. The lowest BCUT2D eigenvalue weighted by molar-refractivity contribution is -0.120. The van der Waals surface area contributed by atoms with Gasteiger partial charge in [-0.2, -0.15) is 0 Å². The van der Waals surface area contributed by atoms with Crippen molar-refractivity contribution in [1.29, 1.82) is 0 Å². The van der Waals surface area contributed by atoms with Crippen LogP contribution in [0.2, 0.25) is 5.02 Å². The topological polar surface area (TPSA) is 85.5 Å². The van der Waals surface area contributed by atoms with Crippen molar-refractivity contribution in [1.82, 2.24) is 15.2 Å². The molecule has 1 fully saturated rings. The van der Waals surface area contributed by atoms with Gasteiger partial charge in [-0.3, -0.25) is 14.5 Å². The minimum Gasteiger partial charge on any atom is -0.356 e. The zero-order valence-electron chi connectivity index (χ0n) is 22.6. The molecule has 1 aromatic heterocycles. The van der Waals surface area contributed by atoms with Crippen molar-refractivity contribution in [2.75, 3.05) is 11.4 Å². The third-order valence-corrected chi connectivity index (χ3v) is 8.38. The Morgan fingerprint density at radius 2 is 1.67 bits per heavy atom. The third-order valence-electron chi connectivity index (χ3n) is 8.15. The molecule has 0 radical (unpaired) electrons. The number of hydrogen-bond donors (Lipinski definition) is 2. The van der Waals surface area contributed by atoms with E-state index < -0.39 is 18.1 Å². The minimum atomic E-state index is -0.734. The van der Waals surface area contributed by atoms with E-state index in [0.717, 1.165) is 33.3 Å². The van der Waals surface area contributed by atoms with Gasteiger partial charge in [0.2, 0.25) is 0 Å². The van der Waals surface area contributed by atoms with E-state index in [0.29, 0.717) is 24.4 Å². The largest absolute Gasteiger partial charge is 0.356 e. The molecule has 0 spiro atoms. The summed E-state index contributed by atoms with van der Waals surface area (Å²) < 4.78 is 0. The van der Waals surface area contributed by atoms with Crippen LogP contribution >= 0.6 is 11.6 Å². The summed E-state index contributed by atoms with van der Waals surface area (Å²) >= 11 is 6.40. The highest BCUT2D eigenvalue weighted by Gasteiger charge is 2.53. The van der Waals surface area contributed by atoms with Gasteiger partial charge < -0.3 is 10.3 Å². The SMILES string of the molecule is O=C(NCCc1ccccc1)c1ccccc1N1C(=O)C2Cc3c([nH]c4ccccc34)C(c3cccc(Cl)c3)N2C1=O. The average molecular weight is 575 g/mol. The molecule has 2 aliphatic heterocycles. The third kappa shape index (κ3) is 4.33. The molecule has 2 aliphatic rings. The van der Waals surface area contributed by atoms with Crippen molar-refractivity contribution in [3.8, 4) is 0 Å². The molecule has 8 heteroatoms. The fourth-order valence-electron chi connectivity index (χ4n) is 6.24. The second kappa shape index (κ2) is 10.5. The highest BCUT2D eigenvalue weighted by atomic mass is 35.5. The maximum Gasteiger partial charge on any atom is 0.332 e. The van der Waals surface area contributed by atoms with Crippen LogP contribution in [0.1, 0.15) is 38.8 Å². The Kier molecular flexibility index (Phi) is 6.52. The molecule has 208 valence electrons. The predicted molar refractivity (Wildman–Crippen MR) is 163 cm³/mol. The van der Waals surface area contributed by atoms with E-state index >= 15 is 0 Å². The van der Waals surface area contributed by atoms with Crippen molar-refractivity contribution < 1.29 is 14.4 Å². The number of fused-ring (bicyclic) bond motifs is 4. The smallest absolute Gasteiger partial charge is 0.332 e. The number of urea groups is 1. The summed E-state index contributed by atoms with van der Waals surface area (Å²) in [5, 5.41) is 4.52. The normalized spacial score (nSPS) is 17.8. The summed E-state index contributed by atoms with van der Waals surface area (Å²) in [4.78, 5) is 48.1. The monoisotopic (exact) mass is 574 g/mol. The molecule has 7 rings (SSSR count). The zero-order chi connectivity index (χ0) is 28.8. The number of carbonyl (C=O) groups excluding carboxylic acids is 3. The number of rotatable bonds is 6. The first-order chi connectivity index (χ1) is 20.5. The lowest BCUT2D eigenvalue weighted by Crippen LogP contribution is -2.44. The van der Waals surface area contributed by atoms with E-state index in [2.05, 4.69) is 10.3 Å². The number of aromatic amines is 1. The number of halogens is 1. The summed E-state index contributed by atoms with van der Waals surface area (Å²) in [5.74, 6) is -0.692. The Morgan fingerprint density at radius 1 is 0.905 bits per heavy atom.